The van der Waals surface area contributed by atoms with E-state index in [0.717, 1.165) is 18.2 Å². The second-order valence-corrected chi connectivity index (χ2v) is 10.2. The van der Waals surface area contributed by atoms with Crippen LogP contribution in [0.15, 0.2) is 53.0 Å². The Bertz CT molecular complexity index is 1720. The minimum Gasteiger partial charge on any atom is -0.321 e. The SMILES string of the molecule is Cc1cc(C#N)ccc1C(=O)Nc1cc(C(=O)Nc2c(Cl)cc(C(F)(C(F)(F)F)C(F)(F)C(F)(F)F)cc2Br)ccc1C#N. The van der Waals surface area contributed by atoms with Crippen molar-refractivity contribution in [2.75, 3.05) is 10.6 Å². The Kier molecular flexibility index (Phi) is 9.34. The standard InChI is InChI=1S/C27H13BrClF9N4O2/c1-12-6-13(10-39)2-5-17(12)23(44)41-20-7-14(3-4-15(20)11-40)22(43)42-21-18(28)8-16(9-19(21)29)24(30,26(33,34)35)25(31,32)27(36,37)38/h2-9H,1H3,(H,41,44)(H,42,43). The molecular formula is C27H13BrClF9N4O2. The number of benzene rings is 3. The highest BCUT2D eigenvalue weighted by atomic mass is 79.9. The van der Waals surface area contributed by atoms with Crippen molar-refractivity contribution in [3.63, 3.8) is 0 Å². The molecule has 0 bridgehead atoms. The van der Waals surface area contributed by atoms with Gasteiger partial charge < -0.3 is 10.6 Å². The second kappa shape index (κ2) is 12.0. The van der Waals surface area contributed by atoms with Gasteiger partial charge in [0.05, 0.1) is 33.6 Å². The van der Waals surface area contributed by atoms with Crippen molar-refractivity contribution in [2.45, 2.75) is 30.9 Å². The van der Waals surface area contributed by atoms with Gasteiger partial charge in [0.2, 0.25) is 0 Å². The van der Waals surface area contributed by atoms with Gasteiger partial charge in [0.15, 0.2) is 0 Å². The van der Waals surface area contributed by atoms with E-state index in [0.29, 0.717) is 5.56 Å². The maximum atomic E-state index is 14.9. The van der Waals surface area contributed by atoms with E-state index >= 15 is 0 Å². The van der Waals surface area contributed by atoms with Crippen molar-refractivity contribution < 1.29 is 49.1 Å². The number of alkyl halides is 9. The predicted octanol–water partition coefficient (Wildman–Crippen LogP) is 8.58. The number of carbonyl (C=O) groups excluding carboxylic acids is 2. The number of amides is 2. The zero-order valence-electron chi connectivity index (χ0n) is 21.5. The molecule has 0 heterocycles. The number of nitrogens with zero attached hydrogens (tertiary/aromatic N) is 2. The smallest absolute Gasteiger partial charge is 0.321 e. The lowest BCUT2D eigenvalue weighted by Gasteiger charge is -2.36. The fourth-order valence-electron chi connectivity index (χ4n) is 3.86. The number of anilines is 2. The highest BCUT2D eigenvalue weighted by Gasteiger charge is 2.81. The van der Waals surface area contributed by atoms with Gasteiger partial charge in [-0.2, -0.15) is 45.6 Å². The van der Waals surface area contributed by atoms with E-state index in [9.17, 15) is 54.4 Å². The number of hydrogen-bond donors (Lipinski definition) is 2. The van der Waals surface area contributed by atoms with Gasteiger partial charge in [0.25, 0.3) is 11.8 Å². The van der Waals surface area contributed by atoms with Crippen LogP contribution in [-0.4, -0.2) is 30.1 Å². The van der Waals surface area contributed by atoms with Gasteiger partial charge in [-0.15, -0.1) is 0 Å². The van der Waals surface area contributed by atoms with Crippen LogP contribution in [0, 0.1) is 29.6 Å². The Morgan fingerprint density at radius 1 is 0.818 bits per heavy atom. The summed E-state index contributed by atoms with van der Waals surface area (Å²) < 4.78 is 121. The highest BCUT2D eigenvalue weighted by molar-refractivity contribution is 9.10. The molecule has 44 heavy (non-hydrogen) atoms. The van der Waals surface area contributed by atoms with Gasteiger partial charge in [-0.05, 0) is 76.9 Å². The molecule has 3 aromatic carbocycles. The Morgan fingerprint density at radius 3 is 1.95 bits per heavy atom. The predicted molar refractivity (Wildman–Crippen MR) is 142 cm³/mol. The molecule has 0 spiro atoms. The molecule has 0 saturated carbocycles. The van der Waals surface area contributed by atoms with Crippen LogP contribution < -0.4 is 10.6 Å². The van der Waals surface area contributed by atoms with Gasteiger partial charge >= 0.3 is 23.9 Å². The van der Waals surface area contributed by atoms with Crippen molar-refractivity contribution >= 4 is 50.7 Å². The number of nitrogens with one attached hydrogen (secondary N) is 2. The summed E-state index contributed by atoms with van der Waals surface area (Å²) in [5.41, 5.74) is -8.87. The summed E-state index contributed by atoms with van der Waals surface area (Å²) in [5.74, 6) is -8.76. The Hall–Kier alpha value is -4.28. The quantitative estimate of drug-likeness (QED) is 0.250. The monoisotopic (exact) mass is 710 g/mol. The van der Waals surface area contributed by atoms with Crippen molar-refractivity contribution in [1.29, 1.82) is 10.5 Å². The normalized spacial score (nSPS) is 13.3. The third-order valence-electron chi connectivity index (χ3n) is 6.11. The van der Waals surface area contributed by atoms with Crippen LogP contribution in [0.1, 0.15) is 43.0 Å². The first-order valence-electron chi connectivity index (χ1n) is 11.6. The van der Waals surface area contributed by atoms with Crippen molar-refractivity contribution in [3.8, 4) is 12.1 Å². The van der Waals surface area contributed by atoms with E-state index in [4.69, 9.17) is 16.9 Å². The Labute approximate surface area is 255 Å². The third-order valence-corrected chi connectivity index (χ3v) is 7.03. The molecule has 0 aliphatic heterocycles. The largest absolute Gasteiger partial charge is 0.457 e. The van der Waals surface area contributed by atoms with Crippen LogP contribution in [0.5, 0.6) is 0 Å². The van der Waals surface area contributed by atoms with Crippen molar-refractivity contribution in [2.24, 2.45) is 0 Å². The van der Waals surface area contributed by atoms with Crippen molar-refractivity contribution in [3.05, 3.63) is 91.4 Å². The molecule has 0 aliphatic rings. The minimum atomic E-state index is -6.95. The van der Waals surface area contributed by atoms with Crippen LogP contribution in [-0.2, 0) is 5.67 Å². The van der Waals surface area contributed by atoms with E-state index in [2.05, 4.69) is 26.6 Å². The van der Waals surface area contributed by atoms with E-state index < -0.39 is 56.5 Å². The van der Waals surface area contributed by atoms with E-state index in [-0.39, 0.29) is 40.1 Å². The summed E-state index contributed by atoms with van der Waals surface area (Å²) in [6, 6.07) is 10.9. The van der Waals surface area contributed by atoms with E-state index in [1.165, 1.54) is 18.2 Å². The van der Waals surface area contributed by atoms with Crippen LogP contribution in [0.4, 0.5) is 50.9 Å². The first-order valence-corrected chi connectivity index (χ1v) is 12.7. The Balaban J connectivity index is 1.98. The summed E-state index contributed by atoms with van der Waals surface area (Å²) in [6.07, 6.45) is -13.7. The van der Waals surface area contributed by atoms with Gasteiger partial charge in [-0.1, -0.05) is 11.6 Å². The molecule has 6 nitrogen and oxygen atoms in total. The lowest BCUT2D eigenvalue weighted by Crippen LogP contribution is -2.59. The molecule has 230 valence electrons. The molecule has 2 amide bonds. The van der Waals surface area contributed by atoms with Gasteiger partial charge in [-0.25, -0.2) is 4.39 Å². The summed E-state index contributed by atoms with van der Waals surface area (Å²) in [7, 11) is 0. The number of aryl methyl sites for hydroxylation is 1. The van der Waals surface area contributed by atoms with Gasteiger partial charge in [-0.3, -0.25) is 9.59 Å². The zero-order valence-corrected chi connectivity index (χ0v) is 23.8. The van der Waals surface area contributed by atoms with Crippen LogP contribution in [0.2, 0.25) is 5.02 Å². The Morgan fingerprint density at radius 2 is 1.45 bits per heavy atom. The minimum absolute atomic E-state index is 0.0427. The number of halogens is 11. The summed E-state index contributed by atoms with van der Waals surface area (Å²) >= 11 is 8.42. The molecule has 2 N–H and O–H groups in total. The van der Waals surface area contributed by atoms with E-state index in [1.54, 1.807) is 13.0 Å². The van der Waals surface area contributed by atoms with E-state index in [1.807, 2.05) is 6.07 Å². The number of hydrogen-bond acceptors (Lipinski definition) is 4. The summed E-state index contributed by atoms with van der Waals surface area (Å²) in [4.78, 5) is 25.8. The third kappa shape index (κ3) is 6.18. The average molecular weight is 712 g/mol. The van der Waals surface area contributed by atoms with Crippen molar-refractivity contribution in [1.82, 2.24) is 0 Å². The second-order valence-electron chi connectivity index (χ2n) is 8.97. The molecule has 0 aromatic heterocycles. The topological polar surface area (TPSA) is 106 Å². The summed E-state index contributed by atoms with van der Waals surface area (Å²) in [6.45, 7) is 1.55. The molecule has 0 saturated heterocycles. The molecular weight excluding hydrogens is 699 g/mol. The highest BCUT2D eigenvalue weighted by Crippen LogP contribution is 2.59. The van der Waals surface area contributed by atoms with Gasteiger partial charge in [0, 0.05) is 21.2 Å². The lowest BCUT2D eigenvalue weighted by atomic mass is 9.87. The molecule has 3 aromatic rings. The molecule has 0 radical (unpaired) electrons. The maximum Gasteiger partial charge on any atom is 0.457 e. The van der Waals surface area contributed by atoms with Crippen LogP contribution >= 0.6 is 27.5 Å². The maximum absolute atomic E-state index is 14.9. The zero-order chi connectivity index (χ0) is 33.4. The first-order chi connectivity index (χ1) is 20.2. The summed E-state index contributed by atoms with van der Waals surface area (Å²) in [5, 5.41) is 21.9. The van der Waals surface area contributed by atoms with Crippen LogP contribution in [0.3, 0.4) is 0 Å². The van der Waals surface area contributed by atoms with Gasteiger partial charge in [0.1, 0.15) is 6.07 Å². The fourth-order valence-corrected chi connectivity index (χ4v) is 4.80. The first kappa shape index (κ1) is 34.2. The molecule has 0 fully saturated rings. The molecule has 3 rings (SSSR count). The van der Waals surface area contributed by atoms with Crippen LogP contribution in [0.25, 0.3) is 0 Å². The molecule has 0 aliphatic carbocycles. The fraction of sp³-hybridized carbons (Fsp3) is 0.185. The molecule has 1 atom stereocenters. The average Bonchev–Trinajstić information content (AvgIpc) is 2.92. The number of nitriles is 2. The number of carbonyl (C=O) groups is 2. The molecule has 17 heteroatoms. The number of rotatable bonds is 6. The molecule has 1 unspecified atom stereocenters. The lowest BCUT2D eigenvalue weighted by molar-refractivity contribution is -0.389.